The van der Waals surface area contributed by atoms with E-state index in [4.69, 9.17) is 0 Å². The van der Waals surface area contributed by atoms with E-state index < -0.39 is 5.41 Å². The van der Waals surface area contributed by atoms with E-state index in [2.05, 4.69) is 0 Å². The Kier molecular flexibility index (Phi) is 5.80. The van der Waals surface area contributed by atoms with Crippen LogP contribution in [-0.2, 0) is 4.79 Å². The largest absolute Gasteiger partial charge is 0.294 e. The van der Waals surface area contributed by atoms with Crippen molar-refractivity contribution < 1.29 is 9.59 Å². The van der Waals surface area contributed by atoms with Gasteiger partial charge in [-0.15, -0.1) is 0 Å². The lowest BCUT2D eigenvalue weighted by molar-refractivity contribution is -0.120. The van der Waals surface area contributed by atoms with Gasteiger partial charge in [0, 0.05) is 17.4 Å². The van der Waals surface area contributed by atoms with Crippen molar-refractivity contribution in [1.82, 2.24) is 0 Å². The molecule has 1 aromatic rings. The van der Waals surface area contributed by atoms with E-state index in [1.54, 1.807) is 0 Å². The zero-order valence-corrected chi connectivity index (χ0v) is 12.9. The number of carbonyl (C=O) groups excluding carboxylic acids is 2. The molecule has 0 saturated carbocycles. The van der Waals surface area contributed by atoms with Crippen LogP contribution in [-0.4, -0.2) is 16.7 Å². The summed E-state index contributed by atoms with van der Waals surface area (Å²) in [7, 11) is 0. The first kappa shape index (κ1) is 16.0. The fourth-order valence-electron chi connectivity index (χ4n) is 1.79. The van der Waals surface area contributed by atoms with Crippen molar-refractivity contribution in [2.24, 2.45) is 11.3 Å². The molecule has 0 heterocycles. The molecule has 0 spiro atoms. The van der Waals surface area contributed by atoms with Crippen molar-refractivity contribution in [3.8, 4) is 0 Å². The second-order valence-electron chi connectivity index (χ2n) is 5.34. The number of hydrogen-bond acceptors (Lipinski definition) is 3. The lowest BCUT2D eigenvalue weighted by atomic mass is 9.78. The first-order valence-corrected chi connectivity index (χ1v) is 7.63. The van der Waals surface area contributed by atoms with Gasteiger partial charge in [-0.05, 0) is 11.7 Å². The summed E-state index contributed by atoms with van der Waals surface area (Å²) in [5.41, 5.74) is 0.256. The molecule has 0 saturated heterocycles. The minimum Gasteiger partial charge on any atom is -0.294 e. The number of thioether (sulfide) groups is 1. The highest BCUT2D eigenvalue weighted by Gasteiger charge is 2.34. The normalized spacial score (nSPS) is 13.1. The van der Waals surface area contributed by atoms with Crippen LogP contribution in [0.3, 0.4) is 0 Å². The molecule has 1 aromatic carbocycles. The molecule has 1 unspecified atom stereocenters. The molecular weight excluding hydrogens is 256 g/mol. The Morgan fingerprint density at radius 2 is 1.79 bits per heavy atom. The Morgan fingerprint density at radius 1 is 1.21 bits per heavy atom. The van der Waals surface area contributed by atoms with Crippen LogP contribution >= 0.6 is 11.8 Å². The van der Waals surface area contributed by atoms with E-state index in [-0.39, 0.29) is 16.8 Å². The molecule has 1 atom stereocenters. The first-order chi connectivity index (χ1) is 8.89. The number of ketones is 1. The zero-order valence-electron chi connectivity index (χ0n) is 12.1. The maximum absolute atomic E-state index is 12.2. The van der Waals surface area contributed by atoms with Crippen molar-refractivity contribution in [3.05, 3.63) is 35.9 Å². The number of rotatable bonds is 6. The van der Waals surface area contributed by atoms with Crippen molar-refractivity contribution in [2.45, 2.75) is 34.1 Å². The summed E-state index contributed by atoms with van der Waals surface area (Å²) in [4.78, 5) is 24.2. The van der Waals surface area contributed by atoms with Crippen LogP contribution in [0, 0.1) is 11.3 Å². The van der Waals surface area contributed by atoms with Crippen LogP contribution in [0.15, 0.2) is 30.3 Å². The van der Waals surface area contributed by atoms with Gasteiger partial charge in [0.1, 0.15) is 0 Å². The van der Waals surface area contributed by atoms with E-state index in [1.807, 2.05) is 58.0 Å². The van der Waals surface area contributed by atoms with Gasteiger partial charge in [0.25, 0.3) is 0 Å². The van der Waals surface area contributed by atoms with E-state index >= 15 is 0 Å². The average Bonchev–Trinajstić information content (AvgIpc) is 2.39. The van der Waals surface area contributed by atoms with Gasteiger partial charge in [0.2, 0.25) is 0 Å². The molecule has 0 aromatic heterocycles. The van der Waals surface area contributed by atoms with Gasteiger partial charge in [-0.3, -0.25) is 9.59 Å². The Hall–Kier alpha value is -1.09. The molecule has 0 radical (unpaired) electrons. The monoisotopic (exact) mass is 278 g/mol. The van der Waals surface area contributed by atoms with Crippen molar-refractivity contribution in [2.75, 3.05) is 5.75 Å². The van der Waals surface area contributed by atoms with Gasteiger partial charge in [-0.25, -0.2) is 0 Å². The molecule has 0 fully saturated rings. The van der Waals surface area contributed by atoms with Crippen LogP contribution in [0.4, 0.5) is 0 Å². The molecule has 0 bridgehead atoms. The molecule has 3 heteroatoms. The van der Waals surface area contributed by atoms with E-state index in [0.717, 1.165) is 11.3 Å². The molecule has 0 amide bonds. The Labute approximate surface area is 120 Å². The second-order valence-corrected chi connectivity index (χ2v) is 6.57. The smallest absolute Gasteiger partial charge is 0.194 e. The van der Waals surface area contributed by atoms with Crippen molar-refractivity contribution in [3.63, 3.8) is 0 Å². The Morgan fingerprint density at radius 3 is 2.32 bits per heavy atom. The maximum atomic E-state index is 12.2. The predicted molar refractivity (Wildman–Crippen MR) is 81.5 cm³/mol. The summed E-state index contributed by atoms with van der Waals surface area (Å²) >= 11 is 1.34. The summed E-state index contributed by atoms with van der Waals surface area (Å²) in [6.07, 6.45) is 0.410. The summed E-state index contributed by atoms with van der Waals surface area (Å²) < 4.78 is 0. The zero-order chi connectivity index (χ0) is 14.5. The van der Waals surface area contributed by atoms with Crippen LogP contribution in [0.25, 0.3) is 0 Å². The molecule has 19 heavy (non-hydrogen) atoms. The second kappa shape index (κ2) is 6.90. The minimum atomic E-state index is -0.467. The molecule has 1 rings (SSSR count). The third kappa shape index (κ3) is 4.20. The molecule has 2 nitrogen and oxygen atoms in total. The lowest BCUT2D eigenvalue weighted by Gasteiger charge is -2.29. The van der Waals surface area contributed by atoms with Gasteiger partial charge >= 0.3 is 0 Å². The SMILES string of the molecule is CCSC(=O)C(C)(C)C(C)CC(=O)c1ccccc1. The maximum Gasteiger partial charge on any atom is 0.194 e. The Balaban J connectivity index is 2.71. The standard InChI is InChI=1S/C16H22O2S/c1-5-19-15(18)16(3,4)12(2)11-14(17)13-9-7-6-8-10-13/h6-10,12H,5,11H2,1-4H3. The molecule has 0 N–H and O–H groups in total. The fourth-order valence-corrected chi connectivity index (χ4v) is 2.63. The number of benzene rings is 1. The van der Waals surface area contributed by atoms with Gasteiger partial charge in [0.15, 0.2) is 10.9 Å². The predicted octanol–water partition coefficient (Wildman–Crippen LogP) is 4.20. The van der Waals surface area contributed by atoms with E-state index in [1.165, 1.54) is 11.8 Å². The number of Topliss-reactive ketones (excluding diaryl/α,β-unsaturated/α-hetero) is 1. The van der Waals surface area contributed by atoms with Crippen LogP contribution in [0.1, 0.15) is 44.5 Å². The highest BCUT2D eigenvalue weighted by atomic mass is 32.2. The van der Waals surface area contributed by atoms with Gasteiger partial charge in [0.05, 0.1) is 0 Å². The average molecular weight is 278 g/mol. The summed E-state index contributed by atoms with van der Waals surface area (Å²) in [6.45, 7) is 7.81. The van der Waals surface area contributed by atoms with Gasteiger partial charge in [-0.1, -0.05) is 69.8 Å². The van der Waals surface area contributed by atoms with Gasteiger partial charge in [-0.2, -0.15) is 0 Å². The molecule has 0 aliphatic carbocycles. The molecule has 104 valence electrons. The van der Waals surface area contributed by atoms with E-state index in [0.29, 0.717) is 6.42 Å². The third-order valence-electron chi connectivity index (χ3n) is 3.62. The molecule has 0 aliphatic heterocycles. The minimum absolute atomic E-state index is 0.0340. The lowest BCUT2D eigenvalue weighted by Crippen LogP contribution is -2.31. The molecular formula is C16H22O2S. The van der Waals surface area contributed by atoms with Crippen molar-refractivity contribution in [1.29, 1.82) is 0 Å². The van der Waals surface area contributed by atoms with Crippen LogP contribution in [0.2, 0.25) is 0 Å². The first-order valence-electron chi connectivity index (χ1n) is 6.65. The molecule has 0 aliphatic rings. The fraction of sp³-hybridized carbons (Fsp3) is 0.500. The van der Waals surface area contributed by atoms with Gasteiger partial charge < -0.3 is 0 Å². The third-order valence-corrected chi connectivity index (χ3v) is 4.70. The Bertz CT molecular complexity index is 437. The van der Waals surface area contributed by atoms with Crippen LogP contribution < -0.4 is 0 Å². The summed E-state index contributed by atoms with van der Waals surface area (Å²) in [6, 6.07) is 9.27. The highest BCUT2D eigenvalue weighted by Crippen LogP contribution is 2.35. The topological polar surface area (TPSA) is 34.1 Å². The van der Waals surface area contributed by atoms with Crippen molar-refractivity contribution >= 4 is 22.7 Å². The summed E-state index contributed by atoms with van der Waals surface area (Å²) in [5, 5.41) is 0.170. The van der Waals surface area contributed by atoms with Crippen LogP contribution in [0.5, 0.6) is 0 Å². The van der Waals surface area contributed by atoms with E-state index in [9.17, 15) is 9.59 Å². The summed E-state index contributed by atoms with van der Waals surface area (Å²) in [5.74, 6) is 0.920. The highest BCUT2D eigenvalue weighted by molar-refractivity contribution is 8.13. The number of hydrogen-bond donors (Lipinski definition) is 0. The quantitative estimate of drug-likeness (QED) is 0.731. The number of carbonyl (C=O) groups is 2.